The van der Waals surface area contributed by atoms with Crippen molar-refractivity contribution in [2.24, 2.45) is 21.7 Å². The summed E-state index contributed by atoms with van der Waals surface area (Å²) >= 11 is 0. The Balaban J connectivity index is 1.31. The third-order valence-corrected chi connectivity index (χ3v) is 14.7. The lowest BCUT2D eigenvalue weighted by molar-refractivity contribution is -0.196. The summed E-state index contributed by atoms with van der Waals surface area (Å²) in [7, 11) is 0. The molecule has 8 rings (SSSR count). The highest BCUT2D eigenvalue weighted by atomic mass is 15.4. The smallest absolute Gasteiger partial charge is 0.0240 e. The molecule has 6 aliphatic rings. The Morgan fingerprint density at radius 2 is 0.864 bits per heavy atom. The average molecular weight is 595 g/mol. The molecule has 2 aromatic carbocycles. The Morgan fingerprint density at radius 3 is 1.23 bits per heavy atom. The molecular formula is C40H58N4. The van der Waals surface area contributed by atoms with Crippen LogP contribution in [0.2, 0.25) is 0 Å². The lowest BCUT2D eigenvalue weighted by Crippen LogP contribution is -2.74. The van der Waals surface area contributed by atoms with Gasteiger partial charge in [0.05, 0.1) is 0 Å². The van der Waals surface area contributed by atoms with Crippen LogP contribution in [0.3, 0.4) is 0 Å². The molecule has 0 N–H and O–H groups in total. The maximum absolute atomic E-state index is 3.10. The van der Waals surface area contributed by atoms with E-state index in [0.717, 1.165) is 13.1 Å². The molecule has 6 fully saturated rings. The molecule has 0 amide bonds. The highest BCUT2D eigenvalue weighted by Crippen LogP contribution is 2.80. The van der Waals surface area contributed by atoms with E-state index in [0.29, 0.717) is 24.2 Å². The Hall–Kier alpha value is -1.72. The second kappa shape index (κ2) is 10.9. The van der Waals surface area contributed by atoms with Crippen LogP contribution in [0.4, 0.5) is 0 Å². The van der Waals surface area contributed by atoms with Gasteiger partial charge in [0.25, 0.3) is 0 Å². The summed E-state index contributed by atoms with van der Waals surface area (Å²) in [6.45, 7) is 21.0. The van der Waals surface area contributed by atoms with Gasteiger partial charge in [0.1, 0.15) is 0 Å². The molecule has 0 radical (unpaired) electrons. The van der Waals surface area contributed by atoms with E-state index in [1.807, 2.05) is 0 Å². The SMILES string of the molecule is CC1(C)[C@H]2C[C@@H]3N(Cc4ccccc4)[C@@H]4C[C@H](N2Cc2ccccc2)[C@]1(CN1CCCCC1)[C@@]3(CN1CCCCC1)C4(C)C. The minimum absolute atomic E-state index is 0.251. The molecule has 0 aromatic heterocycles. The number of benzene rings is 2. The number of likely N-dealkylation sites (tertiary alicyclic amines) is 4. The maximum atomic E-state index is 3.10. The molecule has 4 heteroatoms. The summed E-state index contributed by atoms with van der Waals surface area (Å²) < 4.78 is 0. The molecule has 4 bridgehead atoms. The molecule has 44 heavy (non-hydrogen) atoms. The third kappa shape index (κ3) is 4.09. The first-order chi connectivity index (χ1) is 21.3. The van der Waals surface area contributed by atoms with Gasteiger partial charge in [-0.25, -0.2) is 0 Å². The van der Waals surface area contributed by atoms with E-state index in [-0.39, 0.29) is 21.7 Å². The molecule has 4 aliphatic heterocycles. The van der Waals surface area contributed by atoms with E-state index < -0.39 is 0 Å². The molecule has 2 aromatic rings. The van der Waals surface area contributed by atoms with Gasteiger partial charge >= 0.3 is 0 Å². The largest absolute Gasteiger partial charge is 0.303 e. The molecule has 6 atom stereocenters. The van der Waals surface area contributed by atoms with Crippen LogP contribution in [0.15, 0.2) is 60.7 Å². The lowest BCUT2D eigenvalue weighted by atomic mass is 9.35. The Kier molecular flexibility index (Phi) is 7.37. The van der Waals surface area contributed by atoms with E-state index in [1.54, 1.807) is 0 Å². The van der Waals surface area contributed by atoms with Crippen LogP contribution in [0.25, 0.3) is 0 Å². The van der Waals surface area contributed by atoms with Crippen LogP contribution in [-0.2, 0) is 13.1 Å². The van der Waals surface area contributed by atoms with Crippen molar-refractivity contribution in [3.8, 4) is 0 Å². The molecule has 4 saturated heterocycles. The van der Waals surface area contributed by atoms with Crippen LogP contribution in [0.1, 0.15) is 90.2 Å². The van der Waals surface area contributed by atoms with Crippen LogP contribution < -0.4 is 0 Å². The number of piperidine rings is 2. The van der Waals surface area contributed by atoms with E-state index in [4.69, 9.17) is 0 Å². The summed E-state index contributed by atoms with van der Waals surface area (Å²) in [5.74, 6) is 0. The van der Waals surface area contributed by atoms with Gasteiger partial charge in [0.15, 0.2) is 0 Å². The molecule has 0 unspecified atom stereocenters. The van der Waals surface area contributed by atoms with Crippen molar-refractivity contribution in [1.82, 2.24) is 19.6 Å². The van der Waals surface area contributed by atoms with Crippen LogP contribution in [0, 0.1) is 21.7 Å². The zero-order chi connectivity index (χ0) is 30.2. The van der Waals surface area contributed by atoms with Crippen LogP contribution >= 0.6 is 0 Å². The topological polar surface area (TPSA) is 13.0 Å². The fourth-order valence-electron chi connectivity index (χ4n) is 12.9. The maximum Gasteiger partial charge on any atom is 0.0240 e. The van der Waals surface area contributed by atoms with E-state index in [9.17, 15) is 0 Å². The number of rotatable bonds is 8. The number of hydrogen-bond donors (Lipinski definition) is 0. The second-order valence-corrected chi connectivity index (χ2v) is 16.9. The first-order valence-electron chi connectivity index (χ1n) is 18.3. The Bertz CT molecular complexity index is 1190. The van der Waals surface area contributed by atoms with E-state index in [1.165, 1.54) is 102 Å². The summed E-state index contributed by atoms with van der Waals surface area (Å²) in [4.78, 5) is 12.1. The van der Waals surface area contributed by atoms with Gasteiger partial charge in [-0.2, -0.15) is 0 Å². The predicted octanol–water partition coefficient (Wildman–Crippen LogP) is 7.30. The van der Waals surface area contributed by atoms with E-state index in [2.05, 4.69) is 108 Å². The minimum atomic E-state index is 0.251. The van der Waals surface area contributed by atoms with Crippen molar-refractivity contribution >= 4 is 0 Å². The van der Waals surface area contributed by atoms with Crippen molar-refractivity contribution in [2.45, 2.75) is 116 Å². The highest BCUT2D eigenvalue weighted by molar-refractivity contribution is 5.38. The standard InChI is InChI=1S/C40H58N4/c1-37(2)33-25-36-40(30-42-23-15-8-16-24-42)38(3,4)34(44(36)28-32-19-11-6-12-20-32)26-35(43(33)27-31-17-9-5-10-18-31)39(37,40)29-41-21-13-7-14-22-41/h5-6,9-12,17-20,33-36H,7-8,13-16,21-30H2,1-4H3/t33-,34-,35+,36+,39-,40+/m1/s1. The number of nitrogens with zero attached hydrogens (tertiary/aromatic N) is 4. The van der Waals surface area contributed by atoms with E-state index >= 15 is 0 Å². The molecule has 4 heterocycles. The van der Waals surface area contributed by atoms with Gasteiger partial charge < -0.3 is 9.80 Å². The Labute approximate surface area is 268 Å². The summed E-state index contributed by atoms with van der Waals surface area (Å²) in [6.07, 6.45) is 11.0. The van der Waals surface area contributed by atoms with Gasteiger partial charge in [-0.05, 0) is 86.7 Å². The van der Waals surface area contributed by atoms with Crippen molar-refractivity contribution in [3.63, 3.8) is 0 Å². The lowest BCUT2D eigenvalue weighted by Gasteiger charge is -2.69. The first-order valence-corrected chi connectivity index (χ1v) is 18.3. The summed E-state index contributed by atoms with van der Waals surface area (Å²) in [5, 5.41) is 0. The highest BCUT2D eigenvalue weighted by Gasteiger charge is 2.85. The van der Waals surface area contributed by atoms with Gasteiger partial charge in [0.2, 0.25) is 0 Å². The summed E-state index contributed by atoms with van der Waals surface area (Å²) in [5.41, 5.74) is 4.02. The fourth-order valence-corrected chi connectivity index (χ4v) is 12.9. The molecule has 238 valence electrons. The van der Waals surface area contributed by atoms with Crippen molar-refractivity contribution in [1.29, 1.82) is 0 Å². The normalized spacial score (nSPS) is 38.4. The second-order valence-electron chi connectivity index (χ2n) is 16.9. The number of fused-ring (bicyclic) bond motifs is 2. The molecule has 0 spiro atoms. The number of hydrogen-bond acceptors (Lipinski definition) is 4. The van der Waals surface area contributed by atoms with Gasteiger partial charge in [-0.1, -0.05) is 101 Å². The zero-order valence-corrected chi connectivity index (χ0v) is 28.2. The molecule has 2 saturated carbocycles. The molecule has 4 nitrogen and oxygen atoms in total. The third-order valence-electron chi connectivity index (χ3n) is 14.7. The predicted molar refractivity (Wildman–Crippen MR) is 181 cm³/mol. The quantitative estimate of drug-likeness (QED) is 0.318. The van der Waals surface area contributed by atoms with Gasteiger partial charge in [-0.3, -0.25) is 9.80 Å². The van der Waals surface area contributed by atoms with Crippen LogP contribution in [0.5, 0.6) is 0 Å². The summed E-state index contributed by atoms with van der Waals surface area (Å²) in [6, 6.07) is 25.5. The monoisotopic (exact) mass is 594 g/mol. The molecular weight excluding hydrogens is 536 g/mol. The van der Waals surface area contributed by atoms with Crippen molar-refractivity contribution in [3.05, 3.63) is 71.8 Å². The Morgan fingerprint density at radius 1 is 0.500 bits per heavy atom. The van der Waals surface area contributed by atoms with Crippen molar-refractivity contribution in [2.75, 3.05) is 39.3 Å². The zero-order valence-electron chi connectivity index (χ0n) is 28.2. The fraction of sp³-hybridized carbons (Fsp3) is 0.700. The first kappa shape index (κ1) is 29.7. The van der Waals surface area contributed by atoms with Crippen LogP contribution in [-0.4, -0.2) is 83.0 Å². The van der Waals surface area contributed by atoms with Crippen molar-refractivity contribution < 1.29 is 0 Å². The van der Waals surface area contributed by atoms with Gasteiger partial charge in [0, 0.05) is 61.2 Å². The minimum Gasteiger partial charge on any atom is -0.303 e. The average Bonchev–Trinajstić information content (AvgIpc) is 3.22. The molecule has 2 aliphatic carbocycles. The van der Waals surface area contributed by atoms with Gasteiger partial charge in [-0.15, -0.1) is 0 Å².